The molecule has 0 saturated heterocycles. The monoisotopic (exact) mass is 224 g/mol. The van der Waals surface area contributed by atoms with Gasteiger partial charge in [0.1, 0.15) is 23.2 Å². The molecule has 0 saturated carbocycles. The first kappa shape index (κ1) is 9.81. The number of fused-ring (bicyclic) bond motifs is 1. The predicted molar refractivity (Wildman–Crippen MR) is 51.4 cm³/mol. The zero-order valence-corrected chi connectivity index (χ0v) is 8.02. The fourth-order valence-corrected chi connectivity index (χ4v) is 1.55. The summed E-state index contributed by atoms with van der Waals surface area (Å²) in [5, 5.41) is 8.38. The normalized spacial score (nSPS) is 10.3. The van der Waals surface area contributed by atoms with E-state index in [1.54, 1.807) is 6.07 Å². The molecule has 0 amide bonds. The van der Waals surface area contributed by atoms with Crippen LogP contribution in [0.15, 0.2) is 18.3 Å². The summed E-state index contributed by atoms with van der Waals surface area (Å²) >= 11 is 5.75. The lowest BCUT2D eigenvalue weighted by Gasteiger charge is -2.03. The summed E-state index contributed by atoms with van der Waals surface area (Å²) in [7, 11) is 0. The molecular formula is C10H3ClF2N2. The lowest BCUT2D eigenvalue weighted by molar-refractivity contribution is 0.615. The van der Waals surface area contributed by atoms with Crippen molar-refractivity contribution in [3.63, 3.8) is 0 Å². The maximum atomic E-state index is 13.3. The van der Waals surface area contributed by atoms with Crippen molar-refractivity contribution in [2.45, 2.75) is 0 Å². The fraction of sp³-hybridized carbons (Fsp3) is 0. The first-order chi connectivity index (χ1) is 7.15. The zero-order valence-electron chi connectivity index (χ0n) is 7.26. The van der Waals surface area contributed by atoms with Crippen LogP contribution < -0.4 is 0 Å². The minimum atomic E-state index is -0.694. The summed E-state index contributed by atoms with van der Waals surface area (Å²) < 4.78 is 26.6. The van der Waals surface area contributed by atoms with E-state index < -0.39 is 11.6 Å². The molecule has 0 N–H and O–H groups in total. The van der Waals surface area contributed by atoms with Gasteiger partial charge in [0.15, 0.2) is 0 Å². The van der Waals surface area contributed by atoms with Crippen LogP contribution in [0.2, 0.25) is 5.02 Å². The molecule has 0 fully saturated rings. The maximum absolute atomic E-state index is 13.3. The van der Waals surface area contributed by atoms with E-state index in [-0.39, 0.29) is 21.5 Å². The summed E-state index contributed by atoms with van der Waals surface area (Å²) in [6, 6.07) is 3.67. The number of halogens is 3. The Morgan fingerprint density at radius 1 is 1.27 bits per heavy atom. The van der Waals surface area contributed by atoms with Crippen LogP contribution in [-0.4, -0.2) is 4.98 Å². The Morgan fingerprint density at radius 3 is 2.60 bits per heavy atom. The first-order valence-electron chi connectivity index (χ1n) is 3.97. The molecule has 1 aromatic heterocycles. The quantitative estimate of drug-likeness (QED) is 0.690. The number of benzene rings is 1. The van der Waals surface area contributed by atoms with Crippen molar-refractivity contribution < 1.29 is 8.78 Å². The Bertz CT molecular complexity index is 590. The third-order valence-electron chi connectivity index (χ3n) is 1.98. The van der Waals surface area contributed by atoms with E-state index in [1.807, 2.05) is 0 Å². The van der Waals surface area contributed by atoms with Crippen molar-refractivity contribution in [2.75, 3.05) is 0 Å². The molecule has 1 aromatic carbocycles. The average Bonchev–Trinajstić information content (AvgIpc) is 2.23. The van der Waals surface area contributed by atoms with Crippen LogP contribution in [0.1, 0.15) is 5.56 Å². The minimum absolute atomic E-state index is 0.0219. The van der Waals surface area contributed by atoms with Gasteiger partial charge in [0.05, 0.1) is 16.0 Å². The third-order valence-corrected chi connectivity index (χ3v) is 2.37. The van der Waals surface area contributed by atoms with Crippen LogP contribution in [0.25, 0.3) is 10.9 Å². The Morgan fingerprint density at radius 2 is 1.93 bits per heavy atom. The van der Waals surface area contributed by atoms with Crippen LogP contribution in [0, 0.1) is 23.0 Å². The molecule has 0 aliphatic carbocycles. The van der Waals surface area contributed by atoms with Gasteiger partial charge in [-0.05, 0) is 12.1 Å². The molecule has 2 rings (SSSR count). The number of rotatable bonds is 0. The number of hydrogen-bond donors (Lipinski definition) is 0. The Balaban J connectivity index is 3.00. The van der Waals surface area contributed by atoms with Gasteiger partial charge in [-0.25, -0.2) is 8.78 Å². The minimum Gasteiger partial charge on any atom is -0.252 e. The molecule has 0 bridgehead atoms. The van der Waals surface area contributed by atoms with E-state index in [0.717, 1.165) is 18.3 Å². The van der Waals surface area contributed by atoms with Gasteiger partial charge in [-0.1, -0.05) is 11.6 Å². The van der Waals surface area contributed by atoms with E-state index in [9.17, 15) is 8.78 Å². The summed E-state index contributed by atoms with van der Waals surface area (Å²) in [4.78, 5) is 3.65. The molecule has 0 radical (unpaired) electrons. The zero-order chi connectivity index (χ0) is 11.0. The van der Waals surface area contributed by atoms with E-state index in [0.29, 0.717) is 0 Å². The molecule has 5 heteroatoms. The molecule has 74 valence electrons. The summed E-state index contributed by atoms with van der Waals surface area (Å²) in [5.74, 6) is -1.36. The van der Waals surface area contributed by atoms with Crippen molar-refractivity contribution >= 4 is 22.5 Å². The van der Waals surface area contributed by atoms with E-state index in [1.165, 1.54) is 0 Å². The van der Waals surface area contributed by atoms with E-state index in [2.05, 4.69) is 4.98 Å². The highest BCUT2D eigenvalue weighted by Gasteiger charge is 2.13. The highest BCUT2D eigenvalue weighted by atomic mass is 35.5. The molecule has 1 heterocycles. The Hall–Kier alpha value is -1.73. The van der Waals surface area contributed by atoms with Crippen LogP contribution >= 0.6 is 11.6 Å². The molecule has 0 aliphatic heterocycles. The van der Waals surface area contributed by atoms with E-state index >= 15 is 0 Å². The molecule has 0 atom stereocenters. The van der Waals surface area contributed by atoms with Crippen molar-refractivity contribution in [1.29, 1.82) is 5.26 Å². The van der Waals surface area contributed by atoms with Gasteiger partial charge in [0.2, 0.25) is 0 Å². The van der Waals surface area contributed by atoms with E-state index in [4.69, 9.17) is 16.9 Å². The molecule has 0 aliphatic rings. The van der Waals surface area contributed by atoms with Crippen LogP contribution in [0.5, 0.6) is 0 Å². The van der Waals surface area contributed by atoms with Gasteiger partial charge in [0.25, 0.3) is 0 Å². The highest BCUT2D eigenvalue weighted by Crippen LogP contribution is 2.28. The first-order valence-corrected chi connectivity index (χ1v) is 4.35. The topological polar surface area (TPSA) is 36.7 Å². The molecule has 2 aromatic rings. The summed E-state index contributed by atoms with van der Waals surface area (Å²) in [5.41, 5.74) is -0.146. The van der Waals surface area contributed by atoms with Crippen LogP contribution in [0.4, 0.5) is 8.78 Å². The molecule has 0 unspecified atom stereocenters. The number of nitriles is 1. The second kappa shape index (κ2) is 3.44. The van der Waals surface area contributed by atoms with Gasteiger partial charge in [-0.3, -0.25) is 4.98 Å². The van der Waals surface area contributed by atoms with Gasteiger partial charge < -0.3 is 0 Å². The van der Waals surface area contributed by atoms with Gasteiger partial charge in [0, 0.05) is 6.20 Å². The molecule has 2 nitrogen and oxygen atoms in total. The Labute approximate surface area is 88.7 Å². The SMILES string of the molecule is N#Cc1cnc2c(F)ccc(F)c2c1Cl. The smallest absolute Gasteiger partial charge is 0.149 e. The second-order valence-corrected chi connectivity index (χ2v) is 3.23. The van der Waals surface area contributed by atoms with Crippen molar-refractivity contribution in [2.24, 2.45) is 0 Å². The fourth-order valence-electron chi connectivity index (χ4n) is 1.27. The van der Waals surface area contributed by atoms with Crippen LogP contribution in [0.3, 0.4) is 0 Å². The number of pyridine rings is 1. The number of nitrogens with zero attached hydrogens (tertiary/aromatic N) is 2. The standard InChI is InChI=1S/C10H3ClF2N2/c11-9-5(3-14)4-15-10-7(13)2-1-6(12)8(9)10/h1-2,4H. The van der Waals surface area contributed by atoms with Gasteiger partial charge in [-0.2, -0.15) is 5.26 Å². The largest absolute Gasteiger partial charge is 0.252 e. The maximum Gasteiger partial charge on any atom is 0.149 e. The lowest BCUT2D eigenvalue weighted by Crippen LogP contribution is -1.91. The van der Waals surface area contributed by atoms with Crippen molar-refractivity contribution in [3.05, 3.63) is 40.6 Å². The molecule has 15 heavy (non-hydrogen) atoms. The predicted octanol–water partition coefficient (Wildman–Crippen LogP) is 3.04. The number of aromatic nitrogens is 1. The van der Waals surface area contributed by atoms with Crippen molar-refractivity contribution in [3.8, 4) is 6.07 Å². The average molecular weight is 225 g/mol. The summed E-state index contributed by atoms with van der Waals surface area (Å²) in [6.45, 7) is 0. The molecule has 0 spiro atoms. The summed E-state index contributed by atoms with van der Waals surface area (Å²) in [6.07, 6.45) is 1.12. The lowest BCUT2D eigenvalue weighted by atomic mass is 10.1. The third kappa shape index (κ3) is 1.41. The highest BCUT2D eigenvalue weighted by molar-refractivity contribution is 6.36. The van der Waals surface area contributed by atoms with Gasteiger partial charge in [-0.15, -0.1) is 0 Å². The molecular weight excluding hydrogens is 222 g/mol. The second-order valence-electron chi connectivity index (χ2n) is 2.85. The van der Waals surface area contributed by atoms with Crippen LogP contribution in [-0.2, 0) is 0 Å². The Kier molecular flexibility index (Phi) is 2.25. The van der Waals surface area contributed by atoms with Crippen molar-refractivity contribution in [1.82, 2.24) is 4.98 Å². The van der Waals surface area contributed by atoms with Gasteiger partial charge >= 0.3 is 0 Å². The number of hydrogen-bond acceptors (Lipinski definition) is 2.